The Morgan fingerprint density at radius 1 is 1.43 bits per heavy atom. The van der Waals surface area contributed by atoms with Crippen molar-refractivity contribution in [3.8, 4) is 0 Å². The largest absolute Gasteiger partial charge is 0.378 e. The lowest BCUT2D eigenvalue weighted by atomic mass is 9.97. The van der Waals surface area contributed by atoms with Crippen molar-refractivity contribution >= 4 is 5.69 Å². The maximum Gasteiger partial charge on any atom is 0.125 e. The van der Waals surface area contributed by atoms with E-state index < -0.39 is 5.67 Å². The van der Waals surface area contributed by atoms with Gasteiger partial charge in [0.25, 0.3) is 0 Å². The van der Waals surface area contributed by atoms with E-state index in [9.17, 15) is 4.39 Å². The fraction of sp³-hybridized carbons (Fsp3) is 0.500. The summed E-state index contributed by atoms with van der Waals surface area (Å²) in [6, 6.07) is 6.07. The van der Waals surface area contributed by atoms with Crippen molar-refractivity contribution < 1.29 is 4.39 Å². The first kappa shape index (κ1) is 9.50. The number of alkyl halides is 1. The molecule has 76 valence electrons. The lowest BCUT2D eigenvalue weighted by Crippen LogP contribution is -2.36. The molecule has 1 heterocycles. The maximum atomic E-state index is 13.7. The third kappa shape index (κ3) is 1.49. The zero-order valence-electron chi connectivity index (χ0n) is 8.89. The average Bonchev–Trinajstić information content (AvgIpc) is 2.48. The predicted molar refractivity (Wildman–Crippen MR) is 57.5 cm³/mol. The summed E-state index contributed by atoms with van der Waals surface area (Å²) < 4.78 is 13.7. The third-order valence-electron chi connectivity index (χ3n) is 2.93. The van der Waals surface area contributed by atoms with Crippen molar-refractivity contribution in [2.75, 3.05) is 5.32 Å². The summed E-state index contributed by atoms with van der Waals surface area (Å²) in [6.45, 7) is 5.32. The van der Waals surface area contributed by atoms with Crippen LogP contribution in [0.5, 0.6) is 0 Å². The first-order chi connectivity index (χ1) is 6.48. The van der Waals surface area contributed by atoms with Gasteiger partial charge in [0.05, 0.1) is 6.04 Å². The molecule has 1 atom stereocenters. The molecule has 1 aromatic carbocycles. The number of fused-ring (bicyclic) bond motifs is 1. The molecule has 1 N–H and O–H groups in total. The molecule has 0 aromatic heterocycles. The summed E-state index contributed by atoms with van der Waals surface area (Å²) in [4.78, 5) is 0. The molecule has 0 aliphatic carbocycles. The van der Waals surface area contributed by atoms with E-state index in [0.29, 0.717) is 0 Å². The number of benzene rings is 1. The molecule has 2 heteroatoms. The number of aryl methyl sites for hydroxylation is 1. The highest BCUT2D eigenvalue weighted by atomic mass is 19.1. The maximum absolute atomic E-state index is 13.7. The molecule has 0 amide bonds. The highest BCUT2D eigenvalue weighted by molar-refractivity contribution is 5.62. The molecule has 1 aliphatic rings. The van der Waals surface area contributed by atoms with Crippen LogP contribution >= 0.6 is 0 Å². The zero-order valence-corrected chi connectivity index (χ0v) is 8.89. The molecular weight excluding hydrogens is 177 g/mol. The highest BCUT2D eigenvalue weighted by Gasteiger charge is 2.34. The minimum absolute atomic E-state index is 0.0846. The molecule has 0 saturated heterocycles. The molecule has 0 bridgehead atoms. The predicted octanol–water partition coefficient (Wildman–Crippen LogP) is 3.08. The van der Waals surface area contributed by atoms with Crippen LogP contribution in [-0.4, -0.2) is 11.7 Å². The summed E-state index contributed by atoms with van der Waals surface area (Å²) >= 11 is 0. The van der Waals surface area contributed by atoms with E-state index in [1.165, 1.54) is 11.1 Å². The number of halogens is 1. The van der Waals surface area contributed by atoms with Crippen LogP contribution in [0.2, 0.25) is 0 Å². The molecule has 1 nitrogen and oxygen atoms in total. The Hall–Kier alpha value is -1.05. The van der Waals surface area contributed by atoms with Gasteiger partial charge in [0.1, 0.15) is 5.67 Å². The first-order valence-corrected chi connectivity index (χ1v) is 5.02. The van der Waals surface area contributed by atoms with Crippen LogP contribution in [0.1, 0.15) is 25.0 Å². The molecule has 1 aliphatic heterocycles. The third-order valence-corrected chi connectivity index (χ3v) is 2.93. The van der Waals surface area contributed by atoms with Gasteiger partial charge < -0.3 is 5.32 Å². The second kappa shape index (κ2) is 2.97. The van der Waals surface area contributed by atoms with Crippen molar-refractivity contribution in [1.82, 2.24) is 0 Å². The van der Waals surface area contributed by atoms with Crippen LogP contribution in [0.3, 0.4) is 0 Å². The van der Waals surface area contributed by atoms with Crippen molar-refractivity contribution in [2.24, 2.45) is 0 Å². The normalized spacial score (nSPS) is 20.4. The first-order valence-electron chi connectivity index (χ1n) is 5.02. The standard InChI is InChI=1S/C12H16FN/c1-8-5-4-6-9-7-10(12(2,3)13)14-11(8)9/h4-6,10,14H,7H2,1-3H3. The van der Waals surface area contributed by atoms with Crippen LogP contribution in [0.25, 0.3) is 0 Å². The molecule has 1 aromatic rings. The topological polar surface area (TPSA) is 12.0 Å². The summed E-state index contributed by atoms with van der Waals surface area (Å²) in [5.74, 6) is 0. The Morgan fingerprint density at radius 3 is 2.71 bits per heavy atom. The SMILES string of the molecule is Cc1cccc2c1NC(C(C)(C)F)C2. The van der Waals surface area contributed by atoms with Crippen molar-refractivity contribution in [3.63, 3.8) is 0 Å². The fourth-order valence-electron chi connectivity index (χ4n) is 1.96. The van der Waals surface area contributed by atoms with Crippen LogP contribution in [0.4, 0.5) is 10.1 Å². The second-order valence-electron chi connectivity index (χ2n) is 4.57. The van der Waals surface area contributed by atoms with Crippen molar-refractivity contribution in [3.05, 3.63) is 29.3 Å². The molecular formula is C12H16FN. The van der Waals surface area contributed by atoms with Crippen LogP contribution in [-0.2, 0) is 6.42 Å². The van der Waals surface area contributed by atoms with Gasteiger partial charge in [-0.2, -0.15) is 0 Å². The van der Waals surface area contributed by atoms with E-state index in [-0.39, 0.29) is 6.04 Å². The van der Waals surface area contributed by atoms with Gasteiger partial charge in [0.15, 0.2) is 0 Å². The minimum atomic E-state index is -1.16. The second-order valence-corrected chi connectivity index (χ2v) is 4.57. The van der Waals surface area contributed by atoms with Gasteiger partial charge in [-0.05, 0) is 38.3 Å². The Balaban J connectivity index is 2.31. The van der Waals surface area contributed by atoms with Crippen LogP contribution < -0.4 is 5.32 Å². The number of para-hydroxylation sites is 1. The van der Waals surface area contributed by atoms with Gasteiger partial charge >= 0.3 is 0 Å². The molecule has 0 fully saturated rings. The zero-order chi connectivity index (χ0) is 10.3. The molecule has 0 radical (unpaired) electrons. The van der Waals surface area contributed by atoms with E-state index in [1.54, 1.807) is 13.8 Å². The molecule has 2 rings (SSSR count). The van der Waals surface area contributed by atoms with Gasteiger partial charge in [-0.15, -0.1) is 0 Å². The minimum Gasteiger partial charge on any atom is -0.378 e. The summed E-state index contributed by atoms with van der Waals surface area (Å²) in [5, 5.41) is 3.27. The average molecular weight is 193 g/mol. The molecule has 0 saturated carbocycles. The smallest absolute Gasteiger partial charge is 0.125 e. The van der Waals surface area contributed by atoms with Gasteiger partial charge in [-0.3, -0.25) is 0 Å². The van der Waals surface area contributed by atoms with E-state index >= 15 is 0 Å². The van der Waals surface area contributed by atoms with E-state index in [4.69, 9.17) is 0 Å². The Kier molecular flexibility index (Phi) is 2.02. The Bertz CT molecular complexity index is 352. The van der Waals surface area contributed by atoms with Crippen LogP contribution in [0, 0.1) is 6.92 Å². The molecule has 14 heavy (non-hydrogen) atoms. The van der Waals surface area contributed by atoms with Gasteiger partial charge in [0.2, 0.25) is 0 Å². The Labute approximate surface area is 84.3 Å². The van der Waals surface area contributed by atoms with Gasteiger partial charge in [-0.1, -0.05) is 18.2 Å². The number of anilines is 1. The number of rotatable bonds is 1. The number of hydrogen-bond acceptors (Lipinski definition) is 1. The van der Waals surface area contributed by atoms with Gasteiger partial charge in [0, 0.05) is 5.69 Å². The lowest BCUT2D eigenvalue weighted by Gasteiger charge is -2.23. The highest BCUT2D eigenvalue weighted by Crippen LogP contribution is 2.34. The fourth-order valence-corrected chi connectivity index (χ4v) is 1.96. The van der Waals surface area contributed by atoms with Crippen molar-refractivity contribution in [2.45, 2.75) is 38.9 Å². The molecule has 1 unspecified atom stereocenters. The van der Waals surface area contributed by atoms with E-state index in [1.807, 2.05) is 6.07 Å². The number of nitrogens with one attached hydrogen (secondary N) is 1. The monoisotopic (exact) mass is 193 g/mol. The summed E-state index contributed by atoms with van der Waals surface area (Å²) in [7, 11) is 0. The quantitative estimate of drug-likeness (QED) is 0.722. The Morgan fingerprint density at radius 2 is 2.14 bits per heavy atom. The summed E-state index contributed by atoms with van der Waals surface area (Å²) in [5.41, 5.74) is 2.41. The van der Waals surface area contributed by atoms with Crippen molar-refractivity contribution in [1.29, 1.82) is 0 Å². The van der Waals surface area contributed by atoms with Crippen LogP contribution in [0.15, 0.2) is 18.2 Å². The molecule has 0 spiro atoms. The number of hydrogen-bond donors (Lipinski definition) is 1. The lowest BCUT2D eigenvalue weighted by molar-refractivity contribution is 0.187. The van der Waals surface area contributed by atoms with E-state index in [2.05, 4.69) is 24.4 Å². The van der Waals surface area contributed by atoms with E-state index in [0.717, 1.165) is 12.1 Å². The summed E-state index contributed by atoms with van der Waals surface area (Å²) in [6.07, 6.45) is 0.792. The van der Waals surface area contributed by atoms with Gasteiger partial charge in [-0.25, -0.2) is 4.39 Å².